The summed E-state index contributed by atoms with van der Waals surface area (Å²) in [6, 6.07) is 1.48. The molecule has 3 aromatic rings. The van der Waals surface area contributed by atoms with E-state index in [0.717, 1.165) is 20.4 Å². The molecule has 0 aromatic carbocycles. The minimum atomic E-state index is -4.27. The van der Waals surface area contributed by atoms with Gasteiger partial charge in [-0.2, -0.15) is 18.7 Å². The van der Waals surface area contributed by atoms with Crippen LogP contribution >= 0.6 is 0 Å². The molecule has 0 atom stereocenters. The number of aromatic amines is 1. The molecule has 3 aromatic heterocycles. The van der Waals surface area contributed by atoms with Gasteiger partial charge in [-0.05, 0) is 13.0 Å². The molecule has 0 saturated heterocycles. The molecule has 2 N–H and O–H groups in total. The number of ether oxygens (including phenoxy) is 3. The van der Waals surface area contributed by atoms with E-state index in [1.165, 1.54) is 16.8 Å². The average Bonchev–Trinajstić information content (AvgIpc) is 3.14. The predicted molar refractivity (Wildman–Crippen MR) is 101 cm³/mol. The van der Waals surface area contributed by atoms with Crippen molar-refractivity contribution in [3.63, 3.8) is 0 Å². The molecule has 0 fully saturated rings. The van der Waals surface area contributed by atoms with E-state index < -0.39 is 40.1 Å². The molecule has 3 rings (SSSR count). The van der Waals surface area contributed by atoms with Crippen LogP contribution in [0.5, 0.6) is 17.5 Å². The van der Waals surface area contributed by atoms with Crippen molar-refractivity contribution in [3.05, 3.63) is 28.8 Å². The number of fused-ring (bicyclic) bond motifs is 1. The van der Waals surface area contributed by atoms with E-state index in [1.54, 1.807) is 6.92 Å². The number of aromatic nitrogens is 4. The molecule has 0 amide bonds. The number of anilines is 1. The van der Waals surface area contributed by atoms with Gasteiger partial charge in [0.2, 0.25) is 11.7 Å². The number of hydrogen-bond acceptors (Lipinski definition) is 8. The van der Waals surface area contributed by atoms with E-state index in [-0.39, 0.29) is 21.4 Å². The monoisotopic (exact) mass is 445 g/mol. The second-order valence-corrected chi connectivity index (χ2v) is 7.38. The Morgan fingerprint density at radius 2 is 1.87 bits per heavy atom. The summed E-state index contributed by atoms with van der Waals surface area (Å²) < 4.78 is 68.5. The number of aryl methyl sites for hydroxylation is 1. The van der Waals surface area contributed by atoms with Crippen LogP contribution in [0.25, 0.3) is 10.9 Å². The Kier molecular flexibility index (Phi) is 5.78. The quantitative estimate of drug-likeness (QED) is 0.533. The van der Waals surface area contributed by atoms with Crippen molar-refractivity contribution >= 4 is 26.9 Å². The van der Waals surface area contributed by atoms with E-state index in [1.807, 2.05) is 0 Å². The molecule has 14 heteroatoms. The molecule has 11 nitrogen and oxygen atoms in total. The molecule has 0 radical (unpaired) electrons. The highest BCUT2D eigenvalue weighted by Gasteiger charge is 2.26. The van der Waals surface area contributed by atoms with Crippen LogP contribution < -0.4 is 24.5 Å². The van der Waals surface area contributed by atoms with Crippen molar-refractivity contribution in [1.29, 1.82) is 0 Å². The normalized spacial score (nSPS) is 11.7. The highest BCUT2D eigenvalue weighted by Crippen LogP contribution is 2.36. The van der Waals surface area contributed by atoms with Gasteiger partial charge in [0.1, 0.15) is 10.4 Å². The maximum absolute atomic E-state index is 12.9. The fraction of sp³-hybridized carbons (Fsp3) is 0.312. The van der Waals surface area contributed by atoms with Gasteiger partial charge in [-0.25, -0.2) is 13.1 Å². The molecule has 0 aliphatic rings. The summed E-state index contributed by atoms with van der Waals surface area (Å²) in [5.74, 6) is -2.04. The first-order valence-electron chi connectivity index (χ1n) is 8.40. The summed E-state index contributed by atoms with van der Waals surface area (Å²) in [4.78, 5) is 22.2. The zero-order valence-corrected chi connectivity index (χ0v) is 16.8. The smallest absolute Gasteiger partial charge is 0.387 e. The van der Waals surface area contributed by atoms with Crippen LogP contribution in [0.2, 0.25) is 0 Å². The molecule has 30 heavy (non-hydrogen) atoms. The van der Waals surface area contributed by atoms with Crippen LogP contribution in [0.3, 0.4) is 0 Å². The second kappa shape index (κ2) is 8.14. The van der Waals surface area contributed by atoms with Crippen molar-refractivity contribution in [2.75, 3.05) is 18.9 Å². The van der Waals surface area contributed by atoms with Crippen LogP contribution in [0.15, 0.2) is 28.2 Å². The van der Waals surface area contributed by atoms with Crippen LogP contribution in [0, 0.1) is 0 Å². The number of rotatable bonds is 8. The molecule has 0 spiro atoms. The summed E-state index contributed by atoms with van der Waals surface area (Å²) in [5.41, 5.74) is -0.277. The predicted octanol–water partition coefficient (Wildman–Crippen LogP) is 1.56. The van der Waals surface area contributed by atoms with Gasteiger partial charge in [0.25, 0.3) is 27.3 Å². The zero-order valence-electron chi connectivity index (χ0n) is 16.0. The largest absolute Gasteiger partial charge is 0.478 e. The van der Waals surface area contributed by atoms with Crippen molar-refractivity contribution < 1.29 is 31.4 Å². The Morgan fingerprint density at radius 3 is 2.40 bits per heavy atom. The second-order valence-electron chi connectivity index (χ2n) is 5.73. The van der Waals surface area contributed by atoms with Gasteiger partial charge in [0.15, 0.2) is 0 Å². The highest BCUT2D eigenvalue weighted by molar-refractivity contribution is 7.93. The third-order valence-corrected chi connectivity index (χ3v) is 5.40. The molecule has 0 saturated carbocycles. The fourth-order valence-electron chi connectivity index (χ4n) is 2.70. The van der Waals surface area contributed by atoms with Gasteiger partial charge in [0.05, 0.1) is 14.2 Å². The lowest BCUT2D eigenvalue weighted by Gasteiger charge is -2.14. The third kappa shape index (κ3) is 3.85. The molecule has 162 valence electrons. The Morgan fingerprint density at radius 1 is 1.23 bits per heavy atom. The van der Waals surface area contributed by atoms with Crippen molar-refractivity contribution in [2.24, 2.45) is 0 Å². The molecular formula is C16H17F2N5O6S. The van der Waals surface area contributed by atoms with Gasteiger partial charge in [-0.1, -0.05) is 0 Å². The van der Waals surface area contributed by atoms with E-state index in [2.05, 4.69) is 24.4 Å². The van der Waals surface area contributed by atoms with Crippen LogP contribution in [0.4, 0.5) is 14.7 Å². The summed E-state index contributed by atoms with van der Waals surface area (Å²) in [7, 11) is -2.03. The highest BCUT2D eigenvalue weighted by atomic mass is 32.2. The van der Waals surface area contributed by atoms with Crippen molar-refractivity contribution in [1.82, 2.24) is 19.5 Å². The average molecular weight is 445 g/mol. The minimum Gasteiger partial charge on any atom is -0.478 e. The van der Waals surface area contributed by atoms with Gasteiger partial charge >= 0.3 is 6.61 Å². The van der Waals surface area contributed by atoms with E-state index in [4.69, 9.17) is 9.47 Å². The van der Waals surface area contributed by atoms with E-state index in [0.29, 0.717) is 6.54 Å². The first-order chi connectivity index (χ1) is 14.2. The Balaban J connectivity index is 2.04. The molecule has 0 bridgehead atoms. The first kappa shape index (κ1) is 21.3. The molecule has 0 aliphatic heterocycles. The Labute approximate surface area is 168 Å². The van der Waals surface area contributed by atoms with Gasteiger partial charge in [-0.3, -0.25) is 4.79 Å². The van der Waals surface area contributed by atoms with Gasteiger partial charge in [-0.15, -0.1) is 0 Å². The lowest BCUT2D eigenvalue weighted by atomic mass is 10.3. The number of halogens is 2. The van der Waals surface area contributed by atoms with Crippen LogP contribution in [-0.4, -0.2) is 48.8 Å². The number of methoxy groups -OCH3 is 2. The number of nitrogens with zero attached hydrogens (tertiary/aromatic N) is 3. The molecule has 0 aliphatic carbocycles. The summed E-state index contributed by atoms with van der Waals surface area (Å²) in [6.45, 7) is -1.03. The van der Waals surface area contributed by atoms with Crippen molar-refractivity contribution in [3.8, 4) is 17.5 Å². The fourth-order valence-corrected chi connectivity index (χ4v) is 3.82. The maximum Gasteiger partial charge on any atom is 0.387 e. The number of sulfonamides is 1. The standard InChI is InChI=1S/C16H17F2N5O6S/c1-4-23-6-5-8-9(7-19-10(8)14(23)24)30(25,26)22-16-20-12(27-2)11(29-15(17)18)13(21-16)28-3/h5-7,15,19H,4H2,1-3H3,(H,20,21,22). The lowest BCUT2D eigenvalue weighted by Crippen LogP contribution is -2.19. The van der Waals surface area contributed by atoms with Crippen molar-refractivity contribution in [2.45, 2.75) is 25.0 Å². The first-order valence-corrected chi connectivity index (χ1v) is 9.88. The van der Waals surface area contributed by atoms with Crippen LogP contribution in [-0.2, 0) is 16.6 Å². The number of alkyl halides is 2. The third-order valence-electron chi connectivity index (χ3n) is 4.03. The number of pyridine rings is 1. The van der Waals surface area contributed by atoms with Crippen LogP contribution in [0.1, 0.15) is 6.92 Å². The number of hydrogen-bond donors (Lipinski definition) is 2. The lowest BCUT2D eigenvalue weighted by molar-refractivity contribution is -0.0533. The zero-order chi connectivity index (χ0) is 22.1. The van der Waals surface area contributed by atoms with Gasteiger partial charge < -0.3 is 23.8 Å². The summed E-state index contributed by atoms with van der Waals surface area (Å²) in [5, 5.41) is 0.161. The summed E-state index contributed by atoms with van der Waals surface area (Å²) in [6.07, 6.45) is 2.62. The topological polar surface area (TPSA) is 137 Å². The molecule has 3 heterocycles. The Bertz CT molecular complexity index is 1220. The maximum atomic E-state index is 12.9. The SMILES string of the molecule is CCn1ccc2c(S(=O)(=O)Nc3nc(OC)c(OC(F)F)c(OC)n3)c[nH]c2c1=O. The minimum absolute atomic E-state index is 0.108. The van der Waals surface area contributed by atoms with Gasteiger partial charge in [0, 0.05) is 24.3 Å². The number of nitrogens with one attached hydrogen (secondary N) is 2. The molecular weight excluding hydrogens is 428 g/mol. The number of H-pyrrole nitrogens is 1. The molecule has 0 unspecified atom stereocenters. The van der Waals surface area contributed by atoms with E-state index in [9.17, 15) is 22.0 Å². The summed E-state index contributed by atoms with van der Waals surface area (Å²) >= 11 is 0. The van der Waals surface area contributed by atoms with E-state index >= 15 is 0 Å². The Hall–Kier alpha value is -3.42.